The summed E-state index contributed by atoms with van der Waals surface area (Å²) in [6.45, 7) is 4.46. The van der Waals surface area contributed by atoms with Gasteiger partial charge in [-0.1, -0.05) is 37.3 Å². The molecule has 3 nitrogen and oxygen atoms in total. The Bertz CT molecular complexity index is 324. The summed E-state index contributed by atoms with van der Waals surface area (Å²) in [7, 11) is 1.53. The Kier molecular flexibility index (Phi) is 4.99. The number of methoxy groups -OCH3 is 1. The van der Waals surface area contributed by atoms with Gasteiger partial charge in [-0.3, -0.25) is 4.79 Å². The fourth-order valence-electron chi connectivity index (χ4n) is 1.40. The molecule has 0 fully saturated rings. The molecule has 3 heteroatoms. The highest BCUT2D eigenvalue weighted by atomic mass is 16.5. The van der Waals surface area contributed by atoms with Gasteiger partial charge in [-0.25, -0.2) is 0 Å². The number of carbonyl (C=O) groups excluding carboxylic acids is 1. The van der Waals surface area contributed by atoms with E-state index in [4.69, 9.17) is 4.74 Å². The van der Waals surface area contributed by atoms with Crippen LogP contribution in [0.15, 0.2) is 30.3 Å². The van der Waals surface area contributed by atoms with Gasteiger partial charge in [0.25, 0.3) is 0 Å². The number of benzene rings is 1. The van der Waals surface area contributed by atoms with Crippen molar-refractivity contribution in [2.24, 2.45) is 0 Å². The summed E-state index contributed by atoms with van der Waals surface area (Å²) in [5.41, 5.74) is 1.23. The summed E-state index contributed by atoms with van der Waals surface area (Å²) >= 11 is 0. The van der Waals surface area contributed by atoms with E-state index in [0.29, 0.717) is 12.5 Å². The molecule has 0 aliphatic carbocycles. The van der Waals surface area contributed by atoms with Gasteiger partial charge in [0.1, 0.15) is 6.10 Å². The van der Waals surface area contributed by atoms with Crippen LogP contribution in [0.3, 0.4) is 0 Å². The Balaban J connectivity index is 2.42. The molecule has 16 heavy (non-hydrogen) atoms. The fraction of sp³-hybridized carbons (Fsp3) is 0.462. The molecule has 0 heterocycles. The molecule has 0 radical (unpaired) electrons. The van der Waals surface area contributed by atoms with Gasteiger partial charge in [0.15, 0.2) is 0 Å². The van der Waals surface area contributed by atoms with Gasteiger partial charge >= 0.3 is 0 Å². The van der Waals surface area contributed by atoms with Crippen LogP contribution in [0, 0.1) is 0 Å². The molecule has 0 saturated carbocycles. The largest absolute Gasteiger partial charge is 0.372 e. The normalized spacial score (nSPS) is 14.2. The van der Waals surface area contributed by atoms with Gasteiger partial charge in [0, 0.05) is 13.7 Å². The van der Waals surface area contributed by atoms with Gasteiger partial charge in [0.2, 0.25) is 5.91 Å². The molecule has 0 aliphatic rings. The lowest BCUT2D eigenvalue weighted by Crippen LogP contribution is -2.35. The van der Waals surface area contributed by atoms with E-state index in [0.717, 1.165) is 0 Å². The van der Waals surface area contributed by atoms with Crippen molar-refractivity contribution in [1.29, 1.82) is 0 Å². The van der Waals surface area contributed by atoms with Crippen molar-refractivity contribution >= 4 is 5.91 Å². The molecule has 2 atom stereocenters. The average Bonchev–Trinajstić information content (AvgIpc) is 2.35. The third-order valence-electron chi connectivity index (χ3n) is 2.67. The van der Waals surface area contributed by atoms with Gasteiger partial charge < -0.3 is 10.1 Å². The van der Waals surface area contributed by atoms with E-state index < -0.39 is 0 Å². The molecule has 1 aromatic carbocycles. The van der Waals surface area contributed by atoms with Crippen molar-refractivity contribution in [3.05, 3.63) is 35.9 Å². The van der Waals surface area contributed by atoms with Crippen LogP contribution < -0.4 is 5.32 Å². The van der Waals surface area contributed by atoms with Crippen molar-refractivity contribution < 1.29 is 9.53 Å². The van der Waals surface area contributed by atoms with Gasteiger partial charge in [-0.05, 0) is 18.4 Å². The lowest BCUT2D eigenvalue weighted by molar-refractivity contribution is -0.130. The van der Waals surface area contributed by atoms with Crippen LogP contribution in [0.25, 0.3) is 0 Å². The molecular formula is C13H19NO2. The fourth-order valence-corrected chi connectivity index (χ4v) is 1.40. The Morgan fingerprint density at radius 1 is 1.31 bits per heavy atom. The number of ether oxygens (including phenoxy) is 1. The SMILES string of the molecule is COC(C)C(=O)NCC(C)c1ccccc1. The Labute approximate surface area is 96.8 Å². The highest BCUT2D eigenvalue weighted by Gasteiger charge is 2.12. The molecule has 0 bridgehead atoms. The van der Waals surface area contributed by atoms with Crippen molar-refractivity contribution in [2.45, 2.75) is 25.9 Å². The Morgan fingerprint density at radius 2 is 1.94 bits per heavy atom. The number of nitrogens with one attached hydrogen (secondary N) is 1. The van der Waals surface area contributed by atoms with E-state index in [1.165, 1.54) is 12.7 Å². The van der Waals surface area contributed by atoms with Crippen LogP contribution in [-0.4, -0.2) is 25.7 Å². The maximum atomic E-state index is 11.5. The van der Waals surface area contributed by atoms with Crippen LogP contribution >= 0.6 is 0 Å². The lowest BCUT2D eigenvalue weighted by Gasteiger charge is -2.15. The van der Waals surface area contributed by atoms with Crippen molar-refractivity contribution in [1.82, 2.24) is 5.32 Å². The first-order valence-corrected chi connectivity index (χ1v) is 5.50. The molecule has 1 amide bonds. The summed E-state index contributed by atoms with van der Waals surface area (Å²) in [6, 6.07) is 10.1. The number of rotatable bonds is 5. The molecule has 1 N–H and O–H groups in total. The number of hydrogen-bond donors (Lipinski definition) is 1. The molecule has 1 rings (SSSR count). The molecule has 0 aliphatic heterocycles. The summed E-state index contributed by atoms with van der Waals surface area (Å²) in [4.78, 5) is 11.5. The van der Waals surface area contributed by atoms with Crippen LogP contribution in [0.4, 0.5) is 0 Å². The highest BCUT2D eigenvalue weighted by molar-refractivity contribution is 5.80. The molecule has 0 aromatic heterocycles. The second-order valence-corrected chi connectivity index (χ2v) is 3.93. The summed E-state index contributed by atoms with van der Waals surface area (Å²) < 4.78 is 4.94. The van der Waals surface area contributed by atoms with Gasteiger partial charge in [-0.15, -0.1) is 0 Å². The van der Waals surface area contributed by atoms with E-state index in [-0.39, 0.29) is 12.0 Å². The summed E-state index contributed by atoms with van der Waals surface area (Å²) in [5.74, 6) is 0.250. The first kappa shape index (κ1) is 12.7. The van der Waals surface area contributed by atoms with Crippen LogP contribution in [0.2, 0.25) is 0 Å². The molecule has 0 spiro atoms. The smallest absolute Gasteiger partial charge is 0.248 e. The minimum atomic E-state index is -0.386. The van der Waals surface area contributed by atoms with Crippen LogP contribution in [0.1, 0.15) is 25.3 Å². The Morgan fingerprint density at radius 3 is 2.50 bits per heavy atom. The van der Waals surface area contributed by atoms with Crippen molar-refractivity contribution in [2.75, 3.05) is 13.7 Å². The topological polar surface area (TPSA) is 38.3 Å². The van der Waals surface area contributed by atoms with Gasteiger partial charge in [0.05, 0.1) is 0 Å². The molecule has 88 valence electrons. The Hall–Kier alpha value is -1.35. The van der Waals surface area contributed by atoms with E-state index in [1.54, 1.807) is 6.92 Å². The first-order chi connectivity index (χ1) is 7.65. The van der Waals surface area contributed by atoms with Crippen molar-refractivity contribution in [3.8, 4) is 0 Å². The van der Waals surface area contributed by atoms with E-state index in [9.17, 15) is 4.79 Å². The average molecular weight is 221 g/mol. The first-order valence-electron chi connectivity index (χ1n) is 5.50. The molecule has 2 unspecified atom stereocenters. The standard InChI is InChI=1S/C13H19NO2/c1-10(12-7-5-4-6-8-12)9-14-13(15)11(2)16-3/h4-8,10-11H,9H2,1-3H3,(H,14,15). The predicted molar refractivity (Wildman–Crippen MR) is 64.3 cm³/mol. The second kappa shape index (κ2) is 6.28. The van der Waals surface area contributed by atoms with Crippen LogP contribution in [0.5, 0.6) is 0 Å². The molecule has 1 aromatic rings. The van der Waals surface area contributed by atoms with Crippen LogP contribution in [-0.2, 0) is 9.53 Å². The number of hydrogen-bond acceptors (Lipinski definition) is 2. The third kappa shape index (κ3) is 3.66. The van der Waals surface area contributed by atoms with E-state index in [1.807, 2.05) is 18.2 Å². The number of carbonyl (C=O) groups is 1. The monoisotopic (exact) mass is 221 g/mol. The maximum absolute atomic E-state index is 11.5. The zero-order chi connectivity index (χ0) is 12.0. The minimum Gasteiger partial charge on any atom is -0.372 e. The summed E-state index contributed by atoms with van der Waals surface area (Å²) in [6.07, 6.45) is -0.386. The minimum absolute atomic E-state index is 0.0646. The van der Waals surface area contributed by atoms with E-state index in [2.05, 4.69) is 24.4 Å². The summed E-state index contributed by atoms with van der Waals surface area (Å²) in [5, 5.41) is 2.87. The van der Waals surface area contributed by atoms with Gasteiger partial charge in [-0.2, -0.15) is 0 Å². The molecule has 0 saturated heterocycles. The lowest BCUT2D eigenvalue weighted by atomic mass is 10.0. The quantitative estimate of drug-likeness (QED) is 0.825. The zero-order valence-electron chi connectivity index (χ0n) is 10.1. The van der Waals surface area contributed by atoms with Crippen molar-refractivity contribution in [3.63, 3.8) is 0 Å². The second-order valence-electron chi connectivity index (χ2n) is 3.93. The highest BCUT2D eigenvalue weighted by Crippen LogP contribution is 2.12. The number of amides is 1. The zero-order valence-corrected chi connectivity index (χ0v) is 10.1. The molecular weight excluding hydrogens is 202 g/mol. The predicted octanol–water partition coefficient (Wildman–Crippen LogP) is 1.94. The van der Waals surface area contributed by atoms with E-state index >= 15 is 0 Å². The maximum Gasteiger partial charge on any atom is 0.248 e. The third-order valence-corrected chi connectivity index (χ3v) is 2.67.